The van der Waals surface area contributed by atoms with Crippen LogP contribution >= 0.6 is 35.0 Å². The predicted molar refractivity (Wildman–Crippen MR) is 107 cm³/mol. The summed E-state index contributed by atoms with van der Waals surface area (Å²) in [5, 5.41) is 0. The van der Waals surface area contributed by atoms with Crippen molar-refractivity contribution in [2.45, 2.75) is 32.1 Å². The summed E-state index contributed by atoms with van der Waals surface area (Å²) in [4.78, 5) is 18.8. The second-order valence-electron chi connectivity index (χ2n) is 4.38. The van der Waals surface area contributed by atoms with Crippen molar-refractivity contribution < 1.29 is 27.9 Å². The summed E-state index contributed by atoms with van der Waals surface area (Å²) in [7, 11) is 6.35. The van der Waals surface area contributed by atoms with E-state index in [0.717, 1.165) is 43.6 Å². The molecule has 0 heterocycles. The van der Waals surface area contributed by atoms with E-state index in [4.69, 9.17) is 32.7 Å². The van der Waals surface area contributed by atoms with E-state index in [2.05, 4.69) is 9.05 Å². The van der Waals surface area contributed by atoms with E-state index >= 15 is 0 Å². The van der Waals surface area contributed by atoms with Crippen molar-refractivity contribution in [2.24, 2.45) is 0 Å². The lowest BCUT2D eigenvalue weighted by Crippen LogP contribution is -1.95. The molecule has 0 aromatic rings. The molecule has 23 heavy (non-hydrogen) atoms. The maximum Gasteiger partial charge on any atom is 0.324 e. The van der Waals surface area contributed by atoms with Gasteiger partial charge >= 0.3 is 13.4 Å². The highest BCUT2D eigenvalue weighted by Crippen LogP contribution is 2.43. The maximum atomic E-state index is 9.38. The lowest BCUT2D eigenvalue weighted by molar-refractivity contribution is 0.221. The highest BCUT2D eigenvalue weighted by Gasteiger charge is 2.11. The largest absolute Gasteiger partial charge is 0.324 e. The smallest absolute Gasteiger partial charge is 0.324 e. The Morgan fingerprint density at radius 1 is 0.739 bits per heavy atom. The molecule has 12 heteroatoms. The van der Waals surface area contributed by atoms with E-state index in [-0.39, 0.29) is 0 Å². The summed E-state index contributed by atoms with van der Waals surface area (Å²) in [5.74, 6) is 2.05. The monoisotopic (exact) mass is 444 g/mol. The average Bonchev–Trinajstić information content (AvgIpc) is 2.51. The Morgan fingerprint density at radius 3 is 1.70 bits per heavy atom. The fraction of sp³-hybridized carbons (Fsp3) is 1.00. The molecule has 2 unspecified atom stereocenters. The normalized spacial score (nSPS) is 16.9. The van der Waals surface area contributed by atoms with Crippen LogP contribution in [0.1, 0.15) is 32.1 Å². The van der Waals surface area contributed by atoms with Gasteiger partial charge in [-0.05, 0) is 42.9 Å². The van der Waals surface area contributed by atoms with Crippen molar-refractivity contribution in [2.75, 3.05) is 38.9 Å². The number of hydrogen-bond acceptors (Lipinski definition) is 8. The lowest BCUT2D eigenvalue weighted by atomic mass is 10.2. The van der Waals surface area contributed by atoms with Crippen LogP contribution in [0.15, 0.2) is 0 Å². The minimum atomic E-state index is -2.99. The van der Waals surface area contributed by atoms with Gasteiger partial charge in [-0.1, -0.05) is 34.4 Å². The molecule has 6 nitrogen and oxygen atoms in total. The Hall–Kier alpha value is 1.76. The van der Waals surface area contributed by atoms with Gasteiger partial charge in [0, 0.05) is 25.7 Å². The van der Waals surface area contributed by atoms with E-state index < -0.39 is 13.4 Å². The zero-order valence-electron chi connectivity index (χ0n) is 13.4. The van der Waals surface area contributed by atoms with E-state index in [1.165, 1.54) is 14.2 Å². The van der Waals surface area contributed by atoms with Gasteiger partial charge in [0.1, 0.15) is 0 Å². The zero-order chi connectivity index (χ0) is 17.6. The predicted octanol–water partition coefficient (Wildman–Crippen LogP) is 4.08. The molecule has 0 aromatic heterocycles. The highest BCUT2D eigenvalue weighted by molar-refractivity contribution is 8.76. The summed E-state index contributed by atoms with van der Waals surface area (Å²) in [6.07, 6.45) is 5.04. The summed E-state index contributed by atoms with van der Waals surface area (Å²) in [6, 6.07) is 0. The molecule has 0 aliphatic heterocycles. The van der Waals surface area contributed by atoms with Crippen LogP contribution in [0.25, 0.3) is 0 Å². The molecule has 0 bridgehead atoms. The number of unbranched alkanes of at least 4 members (excludes halogenated alkanes) is 3. The molecule has 0 saturated heterocycles. The van der Waals surface area contributed by atoms with Crippen LogP contribution in [-0.2, 0) is 41.7 Å². The molecule has 0 radical (unpaired) electrons. The fourth-order valence-corrected chi connectivity index (χ4v) is 4.90. The van der Waals surface area contributed by atoms with Gasteiger partial charge in [0.2, 0.25) is 0 Å². The van der Waals surface area contributed by atoms with Gasteiger partial charge in [-0.3, -0.25) is 0 Å². The molecule has 0 amide bonds. The van der Waals surface area contributed by atoms with Crippen LogP contribution in [0.4, 0.5) is 0 Å². The quantitative estimate of drug-likeness (QED) is 0.207. The Bertz CT molecular complexity index is 354. The van der Waals surface area contributed by atoms with Gasteiger partial charge in [-0.2, -0.15) is 0 Å². The molecule has 0 saturated carbocycles. The minimum absolute atomic E-state index is 0.425. The molecule has 0 fully saturated rings. The summed E-state index contributed by atoms with van der Waals surface area (Å²) in [5.41, 5.74) is 0. The van der Waals surface area contributed by atoms with Gasteiger partial charge in [-0.25, -0.2) is 0 Å². The van der Waals surface area contributed by atoms with Crippen molar-refractivity contribution in [3.8, 4) is 0 Å². The van der Waals surface area contributed by atoms with Crippen molar-refractivity contribution in [3.05, 3.63) is 0 Å². The maximum absolute atomic E-state index is 9.38. The Balaban J connectivity index is 3.23. The van der Waals surface area contributed by atoms with Crippen molar-refractivity contribution in [1.29, 1.82) is 0 Å². The van der Waals surface area contributed by atoms with E-state index in [0.29, 0.717) is 13.2 Å². The first-order valence-corrected chi connectivity index (χ1v) is 14.8. The topological polar surface area (TPSA) is 77.4 Å². The Labute approximate surface area is 157 Å². The van der Waals surface area contributed by atoms with E-state index in [9.17, 15) is 9.79 Å². The third-order valence-electron chi connectivity index (χ3n) is 2.55. The molecular formula is C11H26O6P2S4. The Kier molecular flexibility index (Phi) is 16.0. The second-order valence-corrected chi connectivity index (χ2v) is 13.0. The molecule has 2 N–H and O–H groups in total. The summed E-state index contributed by atoms with van der Waals surface area (Å²) >= 11 is 9.46. The number of hydrogen-bond donors (Lipinski definition) is 2. The van der Waals surface area contributed by atoms with Gasteiger partial charge in [0.15, 0.2) is 0 Å². The molecule has 0 aromatic carbocycles. The summed E-state index contributed by atoms with van der Waals surface area (Å²) < 4.78 is 19.5. The van der Waals surface area contributed by atoms with Gasteiger partial charge in [0.25, 0.3) is 0 Å². The first kappa shape index (κ1) is 24.8. The van der Waals surface area contributed by atoms with Crippen molar-refractivity contribution in [1.82, 2.24) is 0 Å². The first-order valence-electron chi connectivity index (χ1n) is 7.13. The molecule has 0 aliphatic rings. The van der Waals surface area contributed by atoms with Crippen LogP contribution in [0.3, 0.4) is 0 Å². The second kappa shape index (κ2) is 14.9. The third-order valence-corrected chi connectivity index (χ3v) is 8.59. The van der Waals surface area contributed by atoms with Gasteiger partial charge < -0.3 is 27.9 Å². The molecule has 0 spiro atoms. The Morgan fingerprint density at radius 2 is 1.17 bits per heavy atom. The average molecular weight is 445 g/mol. The SMILES string of the molecule is COP(O)(=S)OCCCCCCSSCCCOP(O)(=S)OC. The van der Waals surface area contributed by atoms with E-state index in [1.807, 2.05) is 10.8 Å². The molecular weight excluding hydrogens is 418 g/mol. The van der Waals surface area contributed by atoms with Crippen LogP contribution < -0.4 is 0 Å². The molecule has 2 atom stereocenters. The zero-order valence-corrected chi connectivity index (χ0v) is 18.5. The minimum Gasteiger partial charge on any atom is -0.324 e. The van der Waals surface area contributed by atoms with Crippen LogP contribution in [0, 0.1) is 0 Å². The standard InChI is InChI=1S/C11H26O6P2S4/c1-14-18(12,20)16-8-5-3-4-6-10-22-23-11-7-9-17-19(13,21)15-2/h3-11H2,1-2H3,(H,12,20)(H,13,21). The van der Waals surface area contributed by atoms with Gasteiger partial charge in [-0.15, -0.1) is 0 Å². The molecule has 0 aliphatic carbocycles. The van der Waals surface area contributed by atoms with Crippen LogP contribution in [0.2, 0.25) is 0 Å². The fourth-order valence-electron chi connectivity index (χ4n) is 1.32. The lowest BCUT2D eigenvalue weighted by Gasteiger charge is -2.12. The molecule has 0 rings (SSSR count). The number of rotatable bonds is 16. The van der Waals surface area contributed by atoms with Crippen molar-refractivity contribution in [3.63, 3.8) is 0 Å². The van der Waals surface area contributed by atoms with Crippen LogP contribution in [-0.4, -0.2) is 48.7 Å². The summed E-state index contributed by atoms with van der Waals surface area (Å²) in [6.45, 7) is -5.09. The molecule has 140 valence electrons. The first-order chi connectivity index (χ1) is 10.8. The van der Waals surface area contributed by atoms with Crippen LogP contribution in [0.5, 0.6) is 0 Å². The van der Waals surface area contributed by atoms with Gasteiger partial charge in [0.05, 0.1) is 13.2 Å². The van der Waals surface area contributed by atoms with Crippen molar-refractivity contribution >= 4 is 58.6 Å². The van der Waals surface area contributed by atoms with E-state index in [1.54, 1.807) is 10.8 Å². The third kappa shape index (κ3) is 17.0. The highest BCUT2D eigenvalue weighted by atomic mass is 33.1.